The van der Waals surface area contributed by atoms with Crippen molar-refractivity contribution in [1.29, 1.82) is 0 Å². The summed E-state index contributed by atoms with van der Waals surface area (Å²) in [5, 5.41) is 0. The van der Waals surface area contributed by atoms with Crippen LogP contribution in [-0.2, 0) is 11.2 Å². The van der Waals surface area contributed by atoms with Gasteiger partial charge < -0.3 is 14.4 Å². The Kier molecular flexibility index (Phi) is 6.36. The number of hydrogen-bond donors (Lipinski definition) is 0. The Balaban J connectivity index is 1.37. The molecule has 2 aliphatic heterocycles. The molecule has 158 valence electrons. The summed E-state index contributed by atoms with van der Waals surface area (Å²) in [6, 6.07) is 13.8. The first-order valence-electron chi connectivity index (χ1n) is 11.0. The first-order valence-corrected chi connectivity index (χ1v) is 11.0. The molecule has 0 aromatic heterocycles. The minimum atomic E-state index is 0.0291. The fourth-order valence-electron chi connectivity index (χ4n) is 4.33. The molecule has 2 aliphatic rings. The number of benzene rings is 2. The van der Waals surface area contributed by atoms with E-state index >= 15 is 0 Å². The number of likely N-dealkylation sites (tertiary alicyclic amines) is 1. The Morgan fingerprint density at radius 1 is 1.00 bits per heavy atom. The van der Waals surface area contributed by atoms with Gasteiger partial charge in [-0.1, -0.05) is 43.7 Å². The third-order valence-corrected chi connectivity index (χ3v) is 5.90. The molecule has 0 N–H and O–H groups in total. The predicted molar refractivity (Wildman–Crippen MR) is 115 cm³/mol. The molecule has 0 saturated carbocycles. The number of rotatable bonds is 7. The highest BCUT2D eigenvalue weighted by molar-refractivity contribution is 5.98. The molecule has 30 heavy (non-hydrogen) atoms. The van der Waals surface area contributed by atoms with Crippen LogP contribution in [0.15, 0.2) is 42.5 Å². The smallest absolute Gasteiger partial charge is 0.223 e. The second-order valence-electron chi connectivity index (χ2n) is 8.02. The van der Waals surface area contributed by atoms with Crippen LogP contribution in [0.4, 0.5) is 0 Å². The Hall–Kier alpha value is -2.82. The minimum Gasteiger partial charge on any atom is -0.486 e. The molecule has 1 amide bonds. The lowest BCUT2D eigenvalue weighted by molar-refractivity contribution is -0.132. The molecule has 1 atom stereocenters. The first kappa shape index (κ1) is 20.5. The lowest BCUT2D eigenvalue weighted by atomic mass is 10.0. The van der Waals surface area contributed by atoms with Crippen molar-refractivity contribution in [2.45, 2.75) is 51.5 Å². The van der Waals surface area contributed by atoms with Crippen LogP contribution >= 0.6 is 0 Å². The van der Waals surface area contributed by atoms with E-state index in [0.717, 1.165) is 49.3 Å². The lowest BCUT2D eigenvalue weighted by Gasteiger charge is -2.26. The summed E-state index contributed by atoms with van der Waals surface area (Å²) in [7, 11) is 0. The van der Waals surface area contributed by atoms with Crippen molar-refractivity contribution < 1.29 is 19.1 Å². The average Bonchev–Trinajstić information content (AvgIpc) is 3.28. The van der Waals surface area contributed by atoms with Crippen LogP contribution in [0, 0.1) is 0 Å². The third kappa shape index (κ3) is 4.50. The standard InChI is InChI=1S/C25H29NO4/c1-2-4-18-6-8-19(9-7-18)22(27)11-13-25(28)26-14-3-5-21(26)20-10-12-23-24(17-20)30-16-15-29-23/h6-10,12,17,21H,2-5,11,13-16H2,1H3. The Bertz CT molecular complexity index is 906. The molecule has 1 unspecified atom stereocenters. The topological polar surface area (TPSA) is 55.8 Å². The molecule has 1 saturated heterocycles. The zero-order chi connectivity index (χ0) is 20.9. The van der Waals surface area contributed by atoms with Gasteiger partial charge in [0.05, 0.1) is 6.04 Å². The van der Waals surface area contributed by atoms with Gasteiger partial charge in [-0.2, -0.15) is 0 Å². The molecule has 0 spiro atoms. The second-order valence-corrected chi connectivity index (χ2v) is 8.02. The molecule has 2 heterocycles. The first-order chi connectivity index (χ1) is 14.7. The fourth-order valence-corrected chi connectivity index (χ4v) is 4.33. The van der Waals surface area contributed by atoms with E-state index in [-0.39, 0.29) is 30.6 Å². The minimum absolute atomic E-state index is 0.0291. The SMILES string of the molecule is CCCc1ccc(C(=O)CCC(=O)N2CCCC2c2ccc3c(c2)OCCO3)cc1. The summed E-state index contributed by atoms with van der Waals surface area (Å²) in [5.41, 5.74) is 3.00. The van der Waals surface area contributed by atoms with Gasteiger partial charge in [-0.3, -0.25) is 9.59 Å². The molecule has 5 nitrogen and oxygen atoms in total. The van der Waals surface area contributed by atoms with Crippen LogP contribution in [0.25, 0.3) is 0 Å². The van der Waals surface area contributed by atoms with Crippen LogP contribution in [0.1, 0.15) is 66.6 Å². The zero-order valence-electron chi connectivity index (χ0n) is 17.6. The number of carbonyl (C=O) groups is 2. The van der Waals surface area contributed by atoms with E-state index in [9.17, 15) is 9.59 Å². The van der Waals surface area contributed by atoms with Crippen LogP contribution < -0.4 is 9.47 Å². The number of ketones is 1. The maximum absolute atomic E-state index is 12.9. The molecule has 2 aromatic carbocycles. The van der Waals surface area contributed by atoms with Gasteiger partial charge in [-0.15, -0.1) is 0 Å². The summed E-state index contributed by atoms with van der Waals surface area (Å²) in [4.78, 5) is 27.4. The number of fused-ring (bicyclic) bond motifs is 1. The number of ether oxygens (including phenoxy) is 2. The molecular formula is C25H29NO4. The molecule has 0 radical (unpaired) electrons. The number of nitrogens with zero attached hydrogens (tertiary/aromatic N) is 1. The molecule has 5 heteroatoms. The van der Waals surface area contributed by atoms with Gasteiger partial charge in [0.2, 0.25) is 5.91 Å². The molecule has 1 fully saturated rings. The van der Waals surface area contributed by atoms with Crippen molar-refractivity contribution in [2.24, 2.45) is 0 Å². The number of amides is 1. The molecule has 0 bridgehead atoms. The second kappa shape index (κ2) is 9.33. The molecule has 4 rings (SSSR count). The predicted octanol–water partition coefficient (Wildman–Crippen LogP) is 4.74. The normalized spacial score (nSPS) is 17.8. The highest BCUT2D eigenvalue weighted by atomic mass is 16.6. The van der Waals surface area contributed by atoms with Crippen molar-refractivity contribution >= 4 is 11.7 Å². The summed E-state index contributed by atoms with van der Waals surface area (Å²) in [5.74, 6) is 1.58. The van der Waals surface area contributed by atoms with E-state index in [1.165, 1.54) is 5.56 Å². The number of hydrogen-bond acceptors (Lipinski definition) is 4. The maximum Gasteiger partial charge on any atom is 0.223 e. The fraction of sp³-hybridized carbons (Fsp3) is 0.440. The van der Waals surface area contributed by atoms with Gasteiger partial charge in [-0.05, 0) is 42.5 Å². The van der Waals surface area contributed by atoms with E-state index in [0.29, 0.717) is 18.8 Å². The Labute approximate surface area is 178 Å². The van der Waals surface area contributed by atoms with Gasteiger partial charge >= 0.3 is 0 Å². The van der Waals surface area contributed by atoms with Crippen LogP contribution in [0.3, 0.4) is 0 Å². The Morgan fingerprint density at radius 3 is 2.53 bits per heavy atom. The summed E-state index contributed by atoms with van der Waals surface area (Å²) < 4.78 is 11.3. The molecule has 2 aromatic rings. The quantitative estimate of drug-likeness (QED) is 0.622. The van der Waals surface area contributed by atoms with Crippen molar-refractivity contribution in [3.63, 3.8) is 0 Å². The van der Waals surface area contributed by atoms with Gasteiger partial charge in [0.1, 0.15) is 13.2 Å². The van der Waals surface area contributed by atoms with E-state index in [4.69, 9.17) is 9.47 Å². The van der Waals surface area contributed by atoms with E-state index in [1.54, 1.807) is 0 Å². The van der Waals surface area contributed by atoms with Crippen LogP contribution in [0.5, 0.6) is 11.5 Å². The summed E-state index contributed by atoms with van der Waals surface area (Å²) in [6.07, 6.45) is 4.49. The lowest BCUT2D eigenvalue weighted by Crippen LogP contribution is -2.30. The Morgan fingerprint density at radius 2 is 1.77 bits per heavy atom. The van der Waals surface area contributed by atoms with Gasteiger partial charge in [-0.25, -0.2) is 0 Å². The number of Topliss-reactive ketones (excluding diaryl/α,β-unsaturated/α-hetero) is 1. The molecule has 0 aliphatic carbocycles. The van der Waals surface area contributed by atoms with E-state index in [1.807, 2.05) is 47.4 Å². The van der Waals surface area contributed by atoms with E-state index in [2.05, 4.69) is 6.92 Å². The van der Waals surface area contributed by atoms with Crippen molar-refractivity contribution in [1.82, 2.24) is 4.90 Å². The molecular weight excluding hydrogens is 378 g/mol. The van der Waals surface area contributed by atoms with Crippen LogP contribution in [-0.4, -0.2) is 36.3 Å². The number of carbonyl (C=O) groups excluding carboxylic acids is 2. The van der Waals surface area contributed by atoms with Gasteiger partial charge in [0, 0.05) is 24.9 Å². The highest BCUT2D eigenvalue weighted by Gasteiger charge is 2.31. The zero-order valence-corrected chi connectivity index (χ0v) is 17.6. The monoisotopic (exact) mass is 407 g/mol. The largest absolute Gasteiger partial charge is 0.486 e. The van der Waals surface area contributed by atoms with Crippen LogP contribution in [0.2, 0.25) is 0 Å². The van der Waals surface area contributed by atoms with Gasteiger partial charge in [0.15, 0.2) is 17.3 Å². The summed E-state index contributed by atoms with van der Waals surface area (Å²) in [6.45, 7) is 3.99. The van der Waals surface area contributed by atoms with Crippen molar-refractivity contribution in [2.75, 3.05) is 19.8 Å². The average molecular weight is 408 g/mol. The van der Waals surface area contributed by atoms with Crippen molar-refractivity contribution in [3.8, 4) is 11.5 Å². The van der Waals surface area contributed by atoms with Crippen molar-refractivity contribution in [3.05, 3.63) is 59.2 Å². The van der Waals surface area contributed by atoms with E-state index < -0.39 is 0 Å². The highest BCUT2D eigenvalue weighted by Crippen LogP contribution is 2.38. The van der Waals surface area contributed by atoms with Gasteiger partial charge in [0.25, 0.3) is 0 Å². The number of aryl methyl sites for hydroxylation is 1. The third-order valence-electron chi connectivity index (χ3n) is 5.90. The maximum atomic E-state index is 12.9. The summed E-state index contributed by atoms with van der Waals surface area (Å²) >= 11 is 0.